The number of hydrogen-bond acceptors (Lipinski definition) is 2. The summed E-state index contributed by atoms with van der Waals surface area (Å²) in [6.45, 7) is 3.71. The van der Waals surface area contributed by atoms with Crippen LogP contribution in [0.3, 0.4) is 0 Å². The Kier molecular flexibility index (Phi) is 4.87. The SMILES string of the molecule is Cc1ccc(OCC(C)NC(=O)C(F)F)cc1. The van der Waals surface area contributed by atoms with E-state index in [1.807, 2.05) is 19.1 Å². The molecule has 0 saturated carbocycles. The van der Waals surface area contributed by atoms with Crippen LogP contribution in [0, 0.1) is 6.92 Å². The van der Waals surface area contributed by atoms with E-state index in [0.29, 0.717) is 5.75 Å². The molecule has 0 heterocycles. The molecule has 17 heavy (non-hydrogen) atoms. The zero-order valence-electron chi connectivity index (χ0n) is 9.74. The van der Waals surface area contributed by atoms with Gasteiger partial charge in [0.1, 0.15) is 12.4 Å². The van der Waals surface area contributed by atoms with E-state index in [1.54, 1.807) is 19.1 Å². The van der Waals surface area contributed by atoms with Gasteiger partial charge in [0, 0.05) is 0 Å². The maximum Gasteiger partial charge on any atom is 0.315 e. The van der Waals surface area contributed by atoms with Crippen LogP contribution in [-0.2, 0) is 4.79 Å². The molecule has 1 amide bonds. The van der Waals surface area contributed by atoms with Gasteiger partial charge in [-0.25, -0.2) is 0 Å². The molecule has 3 nitrogen and oxygen atoms in total. The monoisotopic (exact) mass is 243 g/mol. The highest BCUT2D eigenvalue weighted by atomic mass is 19.3. The standard InChI is InChI=1S/C12H15F2NO2/c1-8-3-5-10(6-4-8)17-7-9(2)15-12(16)11(13)14/h3-6,9,11H,7H2,1-2H3,(H,15,16). The molecule has 94 valence electrons. The van der Waals surface area contributed by atoms with Gasteiger partial charge in [-0.15, -0.1) is 0 Å². The molecule has 0 aliphatic rings. The van der Waals surface area contributed by atoms with Gasteiger partial charge in [0.15, 0.2) is 0 Å². The van der Waals surface area contributed by atoms with Crippen LogP contribution in [-0.4, -0.2) is 25.0 Å². The lowest BCUT2D eigenvalue weighted by Gasteiger charge is -2.14. The molecule has 1 rings (SSSR count). The van der Waals surface area contributed by atoms with Gasteiger partial charge in [-0.05, 0) is 26.0 Å². The molecule has 1 atom stereocenters. The Hall–Kier alpha value is -1.65. The second-order valence-corrected chi connectivity index (χ2v) is 3.83. The van der Waals surface area contributed by atoms with E-state index in [-0.39, 0.29) is 6.61 Å². The van der Waals surface area contributed by atoms with Crippen LogP contribution < -0.4 is 10.1 Å². The van der Waals surface area contributed by atoms with Crippen LogP contribution in [0.1, 0.15) is 12.5 Å². The average Bonchev–Trinajstić information content (AvgIpc) is 2.28. The Labute approximate surface area is 98.8 Å². The summed E-state index contributed by atoms with van der Waals surface area (Å²) in [5.41, 5.74) is 1.11. The highest BCUT2D eigenvalue weighted by Crippen LogP contribution is 2.11. The third-order valence-electron chi connectivity index (χ3n) is 2.11. The van der Waals surface area contributed by atoms with Crippen molar-refractivity contribution in [2.75, 3.05) is 6.61 Å². The van der Waals surface area contributed by atoms with Gasteiger partial charge in [0.05, 0.1) is 6.04 Å². The Morgan fingerprint density at radius 3 is 2.47 bits per heavy atom. The molecule has 0 radical (unpaired) electrons. The van der Waals surface area contributed by atoms with Crippen LogP contribution >= 0.6 is 0 Å². The lowest BCUT2D eigenvalue weighted by Crippen LogP contribution is -2.40. The van der Waals surface area contributed by atoms with Crippen molar-refractivity contribution >= 4 is 5.91 Å². The summed E-state index contributed by atoms with van der Waals surface area (Å²) in [6, 6.07) is 6.89. The van der Waals surface area contributed by atoms with Crippen molar-refractivity contribution in [3.8, 4) is 5.75 Å². The number of benzene rings is 1. The third-order valence-corrected chi connectivity index (χ3v) is 2.11. The van der Waals surface area contributed by atoms with Crippen molar-refractivity contribution in [3.05, 3.63) is 29.8 Å². The maximum atomic E-state index is 11.9. The number of ether oxygens (including phenoxy) is 1. The van der Waals surface area contributed by atoms with Crippen LogP contribution in [0.15, 0.2) is 24.3 Å². The number of alkyl halides is 2. The fourth-order valence-corrected chi connectivity index (χ4v) is 1.20. The number of rotatable bonds is 5. The fourth-order valence-electron chi connectivity index (χ4n) is 1.20. The van der Waals surface area contributed by atoms with Crippen LogP contribution in [0.2, 0.25) is 0 Å². The molecule has 1 N–H and O–H groups in total. The number of amides is 1. The van der Waals surface area contributed by atoms with E-state index in [2.05, 4.69) is 5.32 Å². The Morgan fingerprint density at radius 1 is 1.35 bits per heavy atom. The molecule has 1 unspecified atom stereocenters. The summed E-state index contributed by atoms with van der Waals surface area (Å²) in [5, 5.41) is 2.15. The summed E-state index contributed by atoms with van der Waals surface area (Å²) >= 11 is 0. The Balaban J connectivity index is 2.35. The van der Waals surface area contributed by atoms with Gasteiger partial charge >= 0.3 is 6.43 Å². The Morgan fingerprint density at radius 2 is 1.94 bits per heavy atom. The molecular weight excluding hydrogens is 228 g/mol. The number of aryl methyl sites for hydroxylation is 1. The molecule has 0 aliphatic heterocycles. The van der Waals surface area contributed by atoms with Crippen molar-refractivity contribution in [1.82, 2.24) is 5.32 Å². The first kappa shape index (κ1) is 13.4. The van der Waals surface area contributed by atoms with Crippen LogP contribution in [0.4, 0.5) is 8.78 Å². The third kappa shape index (κ3) is 4.80. The fraction of sp³-hybridized carbons (Fsp3) is 0.417. The van der Waals surface area contributed by atoms with Gasteiger partial charge in [-0.1, -0.05) is 17.7 Å². The number of carbonyl (C=O) groups excluding carboxylic acids is 1. The predicted octanol–water partition coefficient (Wildman–Crippen LogP) is 2.14. The molecule has 0 aliphatic carbocycles. The molecule has 0 bridgehead atoms. The van der Waals surface area contributed by atoms with Crippen molar-refractivity contribution < 1.29 is 18.3 Å². The summed E-state index contributed by atoms with van der Waals surface area (Å²) in [5.74, 6) is -0.626. The number of carbonyl (C=O) groups is 1. The zero-order valence-corrected chi connectivity index (χ0v) is 9.74. The van der Waals surface area contributed by atoms with E-state index in [4.69, 9.17) is 4.74 Å². The van der Waals surface area contributed by atoms with Crippen molar-refractivity contribution in [2.45, 2.75) is 26.3 Å². The van der Waals surface area contributed by atoms with Gasteiger partial charge < -0.3 is 10.1 Å². The van der Waals surface area contributed by atoms with E-state index in [9.17, 15) is 13.6 Å². The predicted molar refractivity (Wildman–Crippen MR) is 60.3 cm³/mol. The van der Waals surface area contributed by atoms with Crippen molar-refractivity contribution in [1.29, 1.82) is 0 Å². The highest BCUT2D eigenvalue weighted by molar-refractivity contribution is 5.79. The molecule has 0 fully saturated rings. The molecule has 1 aromatic rings. The first-order valence-electron chi connectivity index (χ1n) is 5.27. The van der Waals surface area contributed by atoms with Gasteiger partial charge in [-0.2, -0.15) is 8.78 Å². The summed E-state index contributed by atoms with van der Waals surface area (Å²) in [6.07, 6.45) is -2.99. The molecule has 5 heteroatoms. The summed E-state index contributed by atoms with van der Waals surface area (Å²) in [7, 11) is 0. The van der Waals surface area contributed by atoms with E-state index in [1.165, 1.54) is 0 Å². The highest BCUT2D eigenvalue weighted by Gasteiger charge is 2.17. The van der Waals surface area contributed by atoms with Gasteiger partial charge in [-0.3, -0.25) is 4.79 Å². The van der Waals surface area contributed by atoms with E-state index < -0.39 is 18.4 Å². The molecule has 0 spiro atoms. The van der Waals surface area contributed by atoms with Gasteiger partial charge in [0.25, 0.3) is 5.91 Å². The summed E-state index contributed by atoms with van der Waals surface area (Å²) in [4.78, 5) is 10.7. The molecule has 1 aromatic carbocycles. The molecule has 0 aromatic heterocycles. The van der Waals surface area contributed by atoms with Crippen LogP contribution in [0.5, 0.6) is 5.75 Å². The zero-order chi connectivity index (χ0) is 12.8. The lowest BCUT2D eigenvalue weighted by atomic mass is 10.2. The summed E-state index contributed by atoms with van der Waals surface area (Å²) < 4.78 is 29.2. The van der Waals surface area contributed by atoms with Crippen LogP contribution in [0.25, 0.3) is 0 Å². The topological polar surface area (TPSA) is 38.3 Å². The quantitative estimate of drug-likeness (QED) is 0.860. The number of nitrogens with one attached hydrogen (secondary N) is 1. The Bertz CT molecular complexity index is 365. The minimum Gasteiger partial charge on any atom is -0.491 e. The largest absolute Gasteiger partial charge is 0.491 e. The van der Waals surface area contributed by atoms with E-state index in [0.717, 1.165) is 5.56 Å². The second kappa shape index (κ2) is 6.18. The normalized spacial score (nSPS) is 12.3. The minimum absolute atomic E-state index is 0.154. The van der Waals surface area contributed by atoms with E-state index >= 15 is 0 Å². The van der Waals surface area contributed by atoms with Crippen molar-refractivity contribution in [3.63, 3.8) is 0 Å². The minimum atomic E-state index is -2.99. The molecular formula is C12H15F2NO2. The first-order valence-corrected chi connectivity index (χ1v) is 5.27. The molecule has 0 saturated heterocycles. The number of halogens is 2. The second-order valence-electron chi connectivity index (χ2n) is 3.83. The van der Waals surface area contributed by atoms with Crippen molar-refractivity contribution in [2.24, 2.45) is 0 Å². The smallest absolute Gasteiger partial charge is 0.315 e. The van der Waals surface area contributed by atoms with Gasteiger partial charge in [0.2, 0.25) is 0 Å². The first-order chi connectivity index (χ1) is 7.99. The average molecular weight is 243 g/mol. The maximum absolute atomic E-state index is 11.9. The lowest BCUT2D eigenvalue weighted by molar-refractivity contribution is -0.132. The number of hydrogen-bond donors (Lipinski definition) is 1.